The van der Waals surface area contributed by atoms with Crippen LogP contribution in [0.5, 0.6) is 0 Å². The second-order valence-corrected chi connectivity index (χ2v) is 13.0. The van der Waals surface area contributed by atoms with Crippen LogP contribution in [0, 0.1) is 36.5 Å². The first-order chi connectivity index (χ1) is 23.9. The molecule has 1 unspecified atom stereocenters. The van der Waals surface area contributed by atoms with Crippen LogP contribution in [0.4, 0.5) is 5.69 Å². The van der Waals surface area contributed by atoms with Gasteiger partial charge in [-0.05, 0) is 80.2 Å². The van der Waals surface area contributed by atoms with Crippen molar-refractivity contribution in [3.8, 4) is 23.5 Å². The molecule has 2 fully saturated rings. The SMILES string of the molecule is Cc1cc(C)cc(CC(C(C(=O)N(Cc2ccc(-c3nn[nH]n3)cc2)c2cccc(CN3CCCCC3)c2)=C(C#N)C#N)N2CCNC2)c1. The molecule has 3 aromatic carbocycles. The maximum absolute atomic E-state index is 15.2. The molecule has 49 heavy (non-hydrogen) atoms. The molecule has 1 aromatic heterocycles. The Balaban J connectivity index is 1.41. The van der Waals surface area contributed by atoms with Crippen LogP contribution in [-0.2, 0) is 24.3 Å². The van der Waals surface area contributed by atoms with Crippen LogP contribution >= 0.6 is 0 Å². The Morgan fingerprint density at radius 2 is 1.67 bits per heavy atom. The quantitative estimate of drug-likeness (QED) is 0.172. The van der Waals surface area contributed by atoms with Crippen LogP contribution in [0.15, 0.2) is 77.9 Å². The van der Waals surface area contributed by atoms with Crippen molar-refractivity contribution in [3.63, 3.8) is 0 Å². The Labute approximate surface area is 287 Å². The molecule has 3 heterocycles. The fourth-order valence-electron chi connectivity index (χ4n) is 7.03. The van der Waals surface area contributed by atoms with Gasteiger partial charge in [-0.3, -0.25) is 14.6 Å². The average Bonchev–Trinajstić information content (AvgIpc) is 3.85. The van der Waals surface area contributed by atoms with Crippen LogP contribution in [0.3, 0.4) is 0 Å². The molecule has 11 nitrogen and oxygen atoms in total. The number of hydrogen-bond donors (Lipinski definition) is 2. The molecule has 2 aliphatic rings. The summed E-state index contributed by atoms with van der Waals surface area (Å²) in [5, 5.41) is 38.3. The highest BCUT2D eigenvalue weighted by Gasteiger charge is 2.35. The number of likely N-dealkylation sites (tertiary alicyclic amines) is 1. The molecular formula is C38H42N10O. The number of tetrazole rings is 1. The van der Waals surface area contributed by atoms with E-state index >= 15 is 4.79 Å². The Kier molecular flexibility index (Phi) is 10.9. The number of anilines is 1. The van der Waals surface area contributed by atoms with Gasteiger partial charge in [0.2, 0.25) is 5.82 Å². The number of aromatic nitrogens is 4. The minimum atomic E-state index is -0.488. The number of rotatable bonds is 11. The first kappa shape index (κ1) is 33.7. The fourth-order valence-corrected chi connectivity index (χ4v) is 7.03. The van der Waals surface area contributed by atoms with E-state index in [1.807, 2.05) is 36.4 Å². The molecule has 2 N–H and O–H groups in total. The summed E-state index contributed by atoms with van der Waals surface area (Å²) in [6.45, 7) is 9.28. The molecule has 2 saturated heterocycles. The molecule has 1 amide bonds. The number of aromatic amines is 1. The molecule has 4 aromatic rings. The molecule has 0 radical (unpaired) electrons. The number of nitriles is 2. The number of carbonyl (C=O) groups excluding carboxylic acids is 1. The lowest BCUT2D eigenvalue weighted by Gasteiger charge is -2.33. The summed E-state index contributed by atoms with van der Waals surface area (Å²) in [5.74, 6) is 0.132. The Hall–Kier alpha value is -5.20. The number of benzene rings is 3. The van der Waals surface area contributed by atoms with Gasteiger partial charge in [0.15, 0.2) is 0 Å². The fraction of sp³-hybridized carbons (Fsp3) is 0.368. The molecule has 0 saturated carbocycles. The normalized spacial score (nSPS) is 15.7. The largest absolute Gasteiger partial charge is 0.304 e. The molecular weight excluding hydrogens is 612 g/mol. The number of H-pyrrole nitrogens is 1. The van der Waals surface area contributed by atoms with Crippen LogP contribution in [0.2, 0.25) is 0 Å². The number of nitrogens with one attached hydrogen (secondary N) is 2. The van der Waals surface area contributed by atoms with Gasteiger partial charge in [0.05, 0.1) is 12.1 Å². The van der Waals surface area contributed by atoms with Crippen LogP contribution in [0.1, 0.15) is 47.1 Å². The maximum Gasteiger partial charge on any atom is 0.258 e. The first-order valence-electron chi connectivity index (χ1n) is 16.9. The highest BCUT2D eigenvalue weighted by atomic mass is 16.2. The van der Waals surface area contributed by atoms with E-state index in [4.69, 9.17) is 0 Å². The van der Waals surface area contributed by atoms with Crippen LogP contribution in [0.25, 0.3) is 11.4 Å². The van der Waals surface area contributed by atoms with E-state index in [9.17, 15) is 10.5 Å². The first-order valence-corrected chi connectivity index (χ1v) is 16.9. The maximum atomic E-state index is 15.2. The predicted octanol–water partition coefficient (Wildman–Crippen LogP) is 4.82. The number of hydrogen-bond acceptors (Lipinski definition) is 9. The summed E-state index contributed by atoms with van der Waals surface area (Å²) < 4.78 is 0. The lowest BCUT2D eigenvalue weighted by Crippen LogP contribution is -2.44. The standard InChI is InChI=1S/C38H42N10O/c1-27-17-28(2)19-31(18-27)21-35(47-16-13-41-26-47)36(33(22-39)23-40)38(49)48(25-29-9-11-32(12-10-29)37-42-44-45-43-37)34-8-6-7-30(20-34)24-46-14-4-3-5-15-46/h6-12,17-20,35,41H,3-5,13-16,21,24-26H2,1-2H3,(H,42,43,44,45). The minimum absolute atomic E-state index is 0.159. The third-order valence-electron chi connectivity index (χ3n) is 9.32. The summed E-state index contributed by atoms with van der Waals surface area (Å²) >= 11 is 0. The van der Waals surface area contributed by atoms with E-state index in [0.29, 0.717) is 25.5 Å². The lowest BCUT2D eigenvalue weighted by atomic mass is 9.91. The third kappa shape index (κ3) is 8.27. The predicted molar refractivity (Wildman–Crippen MR) is 188 cm³/mol. The second-order valence-electron chi connectivity index (χ2n) is 13.0. The molecule has 250 valence electrons. The van der Waals surface area contributed by atoms with E-state index in [2.05, 4.69) is 92.1 Å². The van der Waals surface area contributed by atoms with Crippen LogP contribution in [-0.4, -0.2) is 75.2 Å². The lowest BCUT2D eigenvalue weighted by molar-refractivity contribution is -0.116. The van der Waals surface area contributed by atoms with Gasteiger partial charge in [0.1, 0.15) is 17.7 Å². The monoisotopic (exact) mass is 654 g/mol. The average molecular weight is 655 g/mol. The highest BCUT2D eigenvalue weighted by molar-refractivity contribution is 6.08. The Morgan fingerprint density at radius 3 is 2.33 bits per heavy atom. The summed E-state index contributed by atoms with van der Waals surface area (Å²) in [5.41, 5.74) is 6.89. The van der Waals surface area contributed by atoms with E-state index in [-0.39, 0.29) is 23.6 Å². The zero-order chi connectivity index (χ0) is 34.2. The van der Waals surface area contributed by atoms with Crippen molar-refractivity contribution in [2.24, 2.45) is 0 Å². The third-order valence-corrected chi connectivity index (χ3v) is 9.32. The van der Waals surface area contributed by atoms with E-state index in [1.54, 1.807) is 4.90 Å². The van der Waals surface area contributed by atoms with E-state index in [0.717, 1.165) is 65.2 Å². The topological polar surface area (TPSA) is 141 Å². The number of carbonyl (C=O) groups is 1. The van der Waals surface area contributed by atoms with Crippen molar-refractivity contribution in [2.45, 2.75) is 58.7 Å². The van der Waals surface area contributed by atoms with Gasteiger partial charge in [-0.2, -0.15) is 15.7 Å². The molecule has 11 heteroatoms. The van der Waals surface area contributed by atoms with Gasteiger partial charge in [-0.1, -0.05) is 72.1 Å². The number of allylic oxidation sites excluding steroid dienone is 1. The van der Waals surface area contributed by atoms with Crippen molar-refractivity contribution in [1.82, 2.24) is 35.7 Å². The van der Waals surface area contributed by atoms with Gasteiger partial charge in [0.25, 0.3) is 5.91 Å². The second kappa shape index (κ2) is 15.8. The number of aryl methyl sites for hydroxylation is 2. The number of amides is 1. The zero-order valence-electron chi connectivity index (χ0n) is 28.2. The van der Waals surface area contributed by atoms with Crippen molar-refractivity contribution in [2.75, 3.05) is 37.7 Å². The summed E-state index contributed by atoms with van der Waals surface area (Å²) in [4.78, 5) is 21.5. The van der Waals surface area contributed by atoms with Gasteiger partial charge >= 0.3 is 0 Å². The van der Waals surface area contributed by atoms with Gasteiger partial charge < -0.3 is 10.2 Å². The van der Waals surface area contributed by atoms with Crippen molar-refractivity contribution in [3.05, 3.63) is 106 Å². The number of nitrogens with zero attached hydrogens (tertiary/aromatic N) is 8. The van der Waals surface area contributed by atoms with E-state index in [1.165, 1.54) is 19.3 Å². The molecule has 0 bridgehead atoms. The van der Waals surface area contributed by atoms with Gasteiger partial charge in [-0.15, -0.1) is 10.2 Å². The minimum Gasteiger partial charge on any atom is -0.304 e. The van der Waals surface area contributed by atoms with Crippen LogP contribution < -0.4 is 10.2 Å². The summed E-state index contributed by atoms with van der Waals surface area (Å²) in [7, 11) is 0. The van der Waals surface area contributed by atoms with Crippen molar-refractivity contribution >= 4 is 11.6 Å². The number of piperidine rings is 1. The summed E-state index contributed by atoms with van der Waals surface area (Å²) in [6.07, 6.45) is 4.13. The smallest absolute Gasteiger partial charge is 0.258 e. The van der Waals surface area contributed by atoms with Crippen molar-refractivity contribution < 1.29 is 4.79 Å². The molecule has 6 rings (SSSR count). The zero-order valence-corrected chi connectivity index (χ0v) is 28.2. The molecule has 0 aliphatic carbocycles. The Bertz CT molecular complexity index is 1820. The van der Waals surface area contributed by atoms with Gasteiger partial charge in [-0.25, -0.2) is 0 Å². The Morgan fingerprint density at radius 1 is 0.918 bits per heavy atom. The molecule has 0 spiro atoms. The van der Waals surface area contributed by atoms with E-state index < -0.39 is 6.04 Å². The van der Waals surface area contributed by atoms with Crippen molar-refractivity contribution in [1.29, 1.82) is 10.5 Å². The highest BCUT2D eigenvalue weighted by Crippen LogP contribution is 2.29. The molecule has 1 atom stereocenters. The van der Waals surface area contributed by atoms with Gasteiger partial charge in [0, 0.05) is 43.6 Å². The molecule has 2 aliphatic heterocycles. The summed E-state index contributed by atoms with van der Waals surface area (Å²) in [6, 6.07) is 25.9.